The van der Waals surface area contributed by atoms with Crippen molar-refractivity contribution in [1.82, 2.24) is 15.7 Å². The maximum Gasteiger partial charge on any atom is 0.163 e. The zero-order valence-electron chi connectivity index (χ0n) is 10.5. The third-order valence-corrected chi connectivity index (χ3v) is 4.04. The van der Waals surface area contributed by atoms with E-state index < -0.39 is 0 Å². The zero-order chi connectivity index (χ0) is 12.3. The normalized spacial score (nSPS) is 29.8. The molecule has 17 heavy (non-hydrogen) atoms. The van der Waals surface area contributed by atoms with Crippen LogP contribution in [0.4, 0.5) is 0 Å². The van der Waals surface area contributed by atoms with Gasteiger partial charge >= 0.3 is 0 Å². The van der Waals surface area contributed by atoms with Crippen molar-refractivity contribution >= 4 is 0 Å². The van der Waals surface area contributed by atoms with Crippen molar-refractivity contribution in [1.29, 1.82) is 0 Å². The lowest BCUT2D eigenvalue weighted by Crippen LogP contribution is -2.50. The van der Waals surface area contributed by atoms with Gasteiger partial charge in [0.2, 0.25) is 0 Å². The van der Waals surface area contributed by atoms with Crippen LogP contribution in [0.1, 0.15) is 32.4 Å². The second-order valence-corrected chi connectivity index (χ2v) is 5.22. The molecular weight excluding hydrogens is 218 g/mol. The van der Waals surface area contributed by atoms with Crippen LogP contribution in [0.25, 0.3) is 0 Å². The van der Waals surface area contributed by atoms with E-state index in [-0.39, 0.29) is 12.0 Å². The molecule has 1 aromatic rings. The Kier molecular flexibility index (Phi) is 3.79. The van der Waals surface area contributed by atoms with Crippen molar-refractivity contribution in [2.45, 2.75) is 32.1 Å². The van der Waals surface area contributed by atoms with Crippen LogP contribution in [-0.4, -0.2) is 35.2 Å². The van der Waals surface area contributed by atoms with Crippen molar-refractivity contribution < 1.29 is 9.63 Å². The first-order chi connectivity index (χ1) is 8.20. The first-order valence-electron chi connectivity index (χ1n) is 6.30. The molecule has 2 N–H and O–H groups in total. The largest absolute Gasteiger partial charge is 0.396 e. The molecule has 0 spiro atoms. The number of hydrogen-bond donors (Lipinski definition) is 2. The molecule has 1 aliphatic rings. The predicted molar refractivity (Wildman–Crippen MR) is 63.5 cm³/mol. The minimum absolute atomic E-state index is 0.113. The van der Waals surface area contributed by atoms with E-state index in [0.717, 1.165) is 25.3 Å². The third-order valence-electron chi connectivity index (χ3n) is 4.04. The highest BCUT2D eigenvalue weighted by atomic mass is 16.5. The topological polar surface area (TPSA) is 71.2 Å². The second kappa shape index (κ2) is 5.14. The summed E-state index contributed by atoms with van der Waals surface area (Å²) in [5.41, 5.74) is -0.113. The number of rotatable bonds is 4. The predicted octanol–water partition coefficient (Wildman–Crippen LogP) is 0.955. The molecule has 5 nitrogen and oxygen atoms in total. The average molecular weight is 239 g/mol. The van der Waals surface area contributed by atoms with Gasteiger partial charge in [-0.3, -0.25) is 0 Å². The van der Waals surface area contributed by atoms with Crippen LogP contribution in [0.2, 0.25) is 0 Å². The summed E-state index contributed by atoms with van der Waals surface area (Å²) in [5, 5.41) is 20.2. The van der Waals surface area contributed by atoms with Gasteiger partial charge in [0, 0.05) is 17.3 Å². The van der Waals surface area contributed by atoms with Crippen molar-refractivity contribution in [2.24, 2.45) is 11.8 Å². The highest BCUT2D eigenvalue weighted by Crippen LogP contribution is 2.43. The van der Waals surface area contributed by atoms with Crippen molar-refractivity contribution in [3.63, 3.8) is 0 Å². The van der Waals surface area contributed by atoms with Crippen LogP contribution in [0.5, 0.6) is 0 Å². The molecule has 2 rings (SSSR count). The first kappa shape index (κ1) is 12.5. The van der Waals surface area contributed by atoms with Crippen LogP contribution < -0.4 is 5.32 Å². The van der Waals surface area contributed by atoms with Gasteiger partial charge in [-0.05, 0) is 37.8 Å². The molecule has 1 saturated heterocycles. The number of piperidine rings is 1. The molecule has 96 valence electrons. The van der Waals surface area contributed by atoms with Crippen molar-refractivity contribution in [3.05, 3.63) is 12.0 Å². The molecule has 0 aromatic carbocycles. The Morgan fingerprint density at radius 3 is 3.06 bits per heavy atom. The molecule has 1 unspecified atom stereocenters. The summed E-state index contributed by atoms with van der Waals surface area (Å²) in [7, 11) is 0. The number of nitrogens with one attached hydrogen (secondary N) is 1. The highest BCUT2D eigenvalue weighted by molar-refractivity contribution is 5.15. The standard InChI is InChI=1S/C12H21N3O2/c1-9(2)10-7-13-5-3-12(10,4-6-16)11-8-14-15-17-11/h8-10,13,16H,3-7H2,1-2H3/t10?,12-/m0/s1. The summed E-state index contributed by atoms with van der Waals surface area (Å²) < 4.78 is 5.31. The minimum atomic E-state index is -0.113. The fourth-order valence-corrected chi connectivity index (χ4v) is 3.15. The lowest BCUT2D eigenvalue weighted by Gasteiger charge is -2.44. The maximum absolute atomic E-state index is 9.38. The number of nitrogens with zero attached hydrogens (tertiary/aromatic N) is 2. The van der Waals surface area contributed by atoms with Crippen LogP contribution >= 0.6 is 0 Å². The van der Waals surface area contributed by atoms with Crippen LogP contribution in [-0.2, 0) is 5.41 Å². The van der Waals surface area contributed by atoms with Gasteiger partial charge in [-0.25, -0.2) is 0 Å². The fraction of sp³-hybridized carbons (Fsp3) is 0.833. The van der Waals surface area contributed by atoms with E-state index in [9.17, 15) is 5.11 Å². The van der Waals surface area contributed by atoms with Crippen LogP contribution in [0, 0.1) is 11.8 Å². The first-order valence-corrected chi connectivity index (χ1v) is 6.30. The Labute approximate surface area is 102 Å². The van der Waals surface area contributed by atoms with Crippen molar-refractivity contribution in [3.8, 4) is 0 Å². The summed E-state index contributed by atoms with van der Waals surface area (Å²) in [6.45, 7) is 6.51. The summed E-state index contributed by atoms with van der Waals surface area (Å²) in [6.07, 6.45) is 3.39. The molecule has 1 aliphatic heterocycles. The van der Waals surface area contributed by atoms with Gasteiger partial charge in [-0.15, -0.1) is 5.10 Å². The zero-order valence-corrected chi connectivity index (χ0v) is 10.5. The van der Waals surface area contributed by atoms with E-state index in [1.54, 1.807) is 6.20 Å². The lowest BCUT2D eigenvalue weighted by atomic mass is 9.63. The van der Waals surface area contributed by atoms with E-state index in [2.05, 4.69) is 29.5 Å². The van der Waals surface area contributed by atoms with Gasteiger partial charge < -0.3 is 14.9 Å². The number of hydrogen-bond acceptors (Lipinski definition) is 5. The Balaban J connectivity index is 2.36. The van der Waals surface area contributed by atoms with Gasteiger partial charge in [0.25, 0.3) is 0 Å². The maximum atomic E-state index is 9.38. The summed E-state index contributed by atoms with van der Waals surface area (Å²) >= 11 is 0. The number of aliphatic hydroxyl groups excluding tert-OH is 1. The van der Waals surface area contributed by atoms with Crippen molar-refractivity contribution in [2.75, 3.05) is 19.7 Å². The molecule has 5 heteroatoms. The summed E-state index contributed by atoms with van der Waals surface area (Å²) in [4.78, 5) is 0. The lowest BCUT2D eigenvalue weighted by molar-refractivity contribution is 0.0861. The quantitative estimate of drug-likeness (QED) is 0.818. The van der Waals surface area contributed by atoms with Gasteiger partial charge in [0.15, 0.2) is 5.76 Å². The monoisotopic (exact) mass is 239 g/mol. The van der Waals surface area contributed by atoms with E-state index in [1.165, 1.54) is 0 Å². The highest BCUT2D eigenvalue weighted by Gasteiger charge is 2.45. The van der Waals surface area contributed by atoms with E-state index in [0.29, 0.717) is 18.3 Å². The molecule has 0 bridgehead atoms. The van der Waals surface area contributed by atoms with Crippen LogP contribution in [0.3, 0.4) is 0 Å². The Hall–Kier alpha value is -0.940. The SMILES string of the molecule is CC(C)C1CNCC[C@@]1(CCO)c1cnno1. The smallest absolute Gasteiger partial charge is 0.163 e. The molecule has 1 fully saturated rings. The molecule has 0 saturated carbocycles. The number of aliphatic hydroxyl groups is 1. The Morgan fingerprint density at radius 1 is 1.65 bits per heavy atom. The summed E-state index contributed by atoms with van der Waals surface area (Å²) in [6, 6.07) is 0. The Morgan fingerprint density at radius 2 is 2.47 bits per heavy atom. The van der Waals surface area contributed by atoms with Gasteiger partial charge in [-0.2, -0.15) is 0 Å². The molecular formula is C12H21N3O2. The van der Waals surface area contributed by atoms with Gasteiger partial charge in [0.05, 0.1) is 6.20 Å². The molecule has 1 aromatic heterocycles. The van der Waals surface area contributed by atoms with Gasteiger partial charge in [-0.1, -0.05) is 13.8 Å². The Bertz CT molecular complexity index is 336. The summed E-state index contributed by atoms with van der Waals surface area (Å²) in [5.74, 6) is 1.80. The second-order valence-electron chi connectivity index (χ2n) is 5.22. The fourth-order valence-electron chi connectivity index (χ4n) is 3.15. The molecule has 0 amide bonds. The molecule has 0 radical (unpaired) electrons. The number of aromatic nitrogens is 2. The molecule has 2 heterocycles. The van der Waals surface area contributed by atoms with E-state index >= 15 is 0 Å². The van der Waals surface area contributed by atoms with Crippen LogP contribution in [0.15, 0.2) is 10.7 Å². The van der Waals surface area contributed by atoms with Gasteiger partial charge in [0.1, 0.15) is 0 Å². The minimum Gasteiger partial charge on any atom is -0.396 e. The molecule has 0 aliphatic carbocycles. The van der Waals surface area contributed by atoms with E-state index in [1.807, 2.05) is 0 Å². The average Bonchev–Trinajstić information content (AvgIpc) is 2.83. The third kappa shape index (κ3) is 2.21. The molecule has 2 atom stereocenters. The van der Waals surface area contributed by atoms with E-state index in [4.69, 9.17) is 4.52 Å².